The van der Waals surface area contributed by atoms with E-state index in [0.717, 1.165) is 16.6 Å². The number of pyridine rings is 2. The van der Waals surface area contributed by atoms with E-state index in [1.165, 1.54) is 12.1 Å². The van der Waals surface area contributed by atoms with E-state index in [-0.39, 0.29) is 11.2 Å². The van der Waals surface area contributed by atoms with E-state index in [4.69, 9.17) is 4.98 Å². The predicted octanol–water partition coefficient (Wildman–Crippen LogP) is 4.35. The molecule has 5 heteroatoms. The number of rotatable bonds is 1. The summed E-state index contributed by atoms with van der Waals surface area (Å²) in [6.07, 6.45) is 1.78. The first kappa shape index (κ1) is 16.4. The van der Waals surface area contributed by atoms with Crippen LogP contribution in [0.5, 0.6) is 0 Å². The van der Waals surface area contributed by atoms with Crippen molar-refractivity contribution in [1.82, 2.24) is 14.4 Å². The summed E-state index contributed by atoms with van der Waals surface area (Å²) in [6.45, 7) is 6.30. The molecule has 3 heterocycles. The molecule has 4 rings (SSSR count). The Bertz CT molecular complexity index is 1210. The number of nitrogens with zero attached hydrogens (tertiary/aromatic N) is 3. The number of hydrogen-bond acceptors (Lipinski definition) is 3. The molecule has 3 aromatic heterocycles. The van der Waals surface area contributed by atoms with E-state index in [1.54, 1.807) is 28.8 Å². The molecule has 0 aliphatic carbocycles. The van der Waals surface area contributed by atoms with Crippen LogP contribution < -0.4 is 5.56 Å². The smallest absolute Gasteiger partial charge is 0.273 e. The molecular formula is C21H18FN3O. The van der Waals surface area contributed by atoms with Crippen LogP contribution in [0.1, 0.15) is 26.5 Å². The SMILES string of the molecule is CC(C)(C)c1ccc2c(ccn3c(-c4ccccc4F)cc(=O)nc23)n1. The Hall–Kier alpha value is -3.08. The Morgan fingerprint density at radius 1 is 1.00 bits per heavy atom. The third-order valence-electron chi connectivity index (χ3n) is 4.43. The lowest BCUT2D eigenvalue weighted by molar-refractivity contribution is 0.571. The lowest BCUT2D eigenvalue weighted by atomic mass is 9.91. The molecule has 0 unspecified atom stereocenters. The van der Waals surface area contributed by atoms with Crippen LogP contribution in [-0.2, 0) is 5.41 Å². The first-order valence-electron chi connectivity index (χ1n) is 8.43. The standard InChI is InChI=1S/C21H18FN3O/c1-21(2,3)18-9-8-14-16(23-18)10-11-25-17(12-19(26)24-20(14)25)13-6-4-5-7-15(13)22/h4-12H,1-3H3. The average Bonchev–Trinajstić information content (AvgIpc) is 2.60. The van der Waals surface area contributed by atoms with Crippen molar-refractivity contribution in [2.45, 2.75) is 26.2 Å². The zero-order chi connectivity index (χ0) is 18.5. The molecule has 0 spiro atoms. The molecule has 4 aromatic rings. The molecule has 0 saturated heterocycles. The maximum atomic E-state index is 14.3. The van der Waals surface area contributed by atoms with Gasteiger partial charge < -0.3 is 4.40 Å². The summed E-state index contributed by atoms with van der Waals surface area (Å²) in [7, 11) is 0. The van der Waals surface area contributed by atoms with E-state index in [9.17, 15) is 9.18 Å². The number of hydrogen-bond donors (Lipinski definition) is 0. The van der Waals surface area contributed by atoms with Crippen molar-refractivity contribution >= 4 is 16.6 Å². The predicted molar refractivity (Wildman–Crippen MR) is 101 cm³/mol. The summed E-state index contributed by atoms with van der Waals surface area (Å²) in [4.78, 5) is 21.1. The van der Waals surface area contributed by atoms with E-state index in [0.29, 0.717) is 16.9 Å². The summed E-state index contributed by atoms with van der Waals surface area (Å²) in [5, 5.41) is 0.760. The van der Waals surface area contributed by atoms with Gasteiger partial charge in [-0.1, -0.05) is 32.9 Å². The molecule has 4 nitrogen and oxygen atoms in total. The van der Waals surface area contributed by atoms with Gasteiger partial charge in [-0.3, -0.25) is 9.78 Å². The van der Waals surface area contributed by atoms with Crippen LogP contribution in [0.4, 0.5) is 4.39 Å². The van der Waals surface area contributed by atoms with Gasteiger partial charge in [0, 0.05) is 34.3 Å². The second-order valence-electron chi connectivity index (χ2n) is 7.35. The van der Waals surface area contributed by atoms with Crippen LogP contribution in [0, 0.1) is 5.82 Å². The van der Waals surface area contributed by atoms with Crippen LogP contribution >= 0.6 is 0 Å². The maximum Gasteiger partial charge on any atom is 0.273 e. The number of fused-ring (bicyclic) bond motifs is 3. The van der Waals surface area contributed by atoms with Gasteiger partial charge in [0.2, 0.25) is 0 Å². The largest absolute Gasteiger partial charge is 0.300 e. The van der Waals surface area contributed by atoms with Crippen LogP contribution in [0.15, 0.2) is 59.5 Å². The van der Waals surface area contributed by atoms with Crippen LogP contribution in [-0.4, -0.2) is 14.4 Å². The quantitative estimate of drug-likeness (QED) is 0.481. The minimum atomic E-state index is -0.407. The highest BCUT2D eigenvalue weighted by atomic mass is 19.1. The van der Waals surface area contributed by atoms with Gasteiger partial charge in [-0.2, -0.15) is 4.98 Å². The van der Waals surface area contributed by atoms with Crippen molar-refractivity contribution in [3.63, 3.8) is 0 Å². The number of aromatic nitrogens is 3. The van der Waals surface area contributed by atoms with Gasteiger partial charge in [-0.15, -0.1) is 0 Å². The van der Waals surface area contributed by atoms with Crippen LogP contribution in [0.3, 0.4) is 0 Å². The summed E-state index contributed by atoms with van der Waals surface area (Å²) >= 11 is 0. The summed E-state index contributed by atoms with van der Waals surface area (Å²) in [6, 6.07) is 13.5. The third kappa shape index (κ3) is 2.65. The maximum absolute atomic E-state index is 14.3. The molecular weight excluding hydrogens is 329 g/mol. The second kappa shape index (κ2) is 5.73. The summed E-state index contributed by atoms with van der Waals surface area (Å²) in [5.74, 6) is -0.381. The first-order valence-corrected chi connectivity index (χ1v) is 8.43. The molecule has 26 heavy (non-hydrogen) atoms. The highest BCUT2D eigenvalue weighted by Gasteiger charge is 2.17. The molecule has 0 aliphatic heterocycles. The van der Waals surface area contributed by atoms with E-state index >= 15 is 0 Å². The topological polar surface area (TPSA) is 47.3 Å². The Morgan fingerprint density at radius 2 is 1.77 bits per heavy atom. The molecule has 0 amide bonds. The minimum Gasteiger partial charge on any atom is -0.300 e. The first-order chi connectivity index (χ1) is 12.3. The van der Waals surface area contributed by atoms with Crippen LogP contribution in [0.2, 0.25) is 0 Å². The molecule has 0 N–H and O–H groups in total. The van der Waals surface area contributed by atoms with E-state index in [1.807, 2.05) is 18.2 Å². The van der Waals surface area contributed by atoms with Crippen molar-refractivity contribution < 1.29 is 4.39 Å². The zero-order valence-corrected chi connectivity index (χ0v) is 14.8. The van der Waals surface area contributed by atoms with Gasteiger partial charge in [-0.25, -0.2) is 4.39 Å². The Balaban J connectivity index is 2.07. The lowest BCUT2D eigenvalue weighted by Crippen LogP contribution is -2.14. The summed E-state index contributed by atoms with van der Waals surface area (Å²) < 4.78 is 16.0. The van der Waals surface area contributed by atoms with Gasteiger partial charge in [0.05, 0.1) is 11.2 Å². The average molecular weight is 347 g/mol. The Kier molecular flexibility index (Phi) is 3.61. The Morgan fingerprint density at radius 3 is 2.50 bits per heavy atom. The lowest BCUT2D eigenvalue weighted by Gasteiger charge is -2.18. The van der Waals surface area contributed by atoms with E-state index in [2.05, 4.69) is 25.8 Å². The van der Waals surface area contributed by atoms with Crippen molar-refractivity contribution in [2.24, 2.45) is 0 Å². The molecule has 0 fully saturated rings. The summed E-state index contributed by atoms with van der Waals surface area (Å²) in [5.41, 5.74) is 2.54. The van der Waals surface area contributed by atoms with Crippen molar-refractivity contribution in [2.75, 3.05) is 0 Å². The molecule has 130 valence electrons. The molecule has 0 atom stereocenters. The molecule has 0 radical (unpaired) electrons. The highest BCUT2D eigenvalue weighted by molar-refractivity contribution is 5.92. The van der Waals surface area contributed by atoms with Gasteiger partial charge in [0.25, 0.3) is 5.56 Å². The van der Waals surface area contributed by atoms with Gasteiger partial charge in [0.15, 0.2) is 5.65 Å². The molecule has 0 bridgehead atoms. The van der Waals surface area contributed by atoms with Crippen molar-refractivity contribution in [3.05, 3.63) is 76.6 Å². The molecule has 0 aliphatic rings. The van der Waals surface area contributed by atoms with E-state index < -0.39 is 5.56 Å². The number of halogens is 1. The third-order valence-corrected chi connectivity index (χ3v) is 4.43. The fourth-order valence-electron chi connectivity index (χ4n) is 3.06. The fraction of sp³-hybridized carbons (Fsp3) is 0.190. The fourth-order valence-corrected chi connectivity index (χ4v) is 3.06. The van der Waals surface area contributed by atoms with Crippen LogP contribution in [0.25, 0.3) is 27.8 Å². The molecule has 0 saturated carbocycles. The van der Waals surface area contributed by atoms with Gasteiger partial charge in [0.1, 0.15) is 5.82 Å². The van der Waals surface area contributed by atoms with Crippen molar-refractivity contribution in [1.29, 1.82) is 0 Å². The number of benzene rings is 1. The minimum absolute atomic E-state index is 0.0809. The zero-order valence-electron chi connectivity index (χ0n) is 14.8. The monoisotopic (exact) mass is 347 g/mol. The Labute approximate surface area is 150 Å². The second-order valence-corrected chi connectivity index (χ2v) is 7.35. The molecule has 1 aromatic carbocycles. The van der Waals surface area contributed by atoms with Gasteiger partial charge >= 0.3 is 0 Å². The van der Waals surface area contributed by atoms with Crippen molar-refractivity contribution in [3.8, 4) is 11.3 Å². The highest BCUT2D eigenvalue weighted by Crippen LogP contribution is 2.27. The van der Waals surface area contributed by atoms with Gasteiger partial charge in [-0.05, 0) is 30.3 Å². The normalized spacial score (nSPS) is 12.0.